The van der Waals surface area contributed by atoms with E-state index in [0.29, 0.717) is 46.5 Å². The van der Waals surface area contributed by atoms with Crippen LogP contribution in [0.3, 0.4) is 0 Å². The predicted molar refractivity (Wildman–Crippen MR) is 299 cm³/mol. The minimum absolute atomic E-state index is 0.0111. The topological polar surface area (TPSA) is 271 Å². The van der Waals surface area contributed by atoms with E-state index in [1.54, 1.807) is 73.4 Å². The summed E-state index contributed by atoms with van der Waals surface area (Å²) < 4.78 is 0. The minimum Gasteiger partial charge on any atom is -0.478 e. The number of unbranched alkanes of at least 4 members (excludes halogenated alkanes) is 3. The molecule has 9 aromatic rings. The number of aromatic amines is 2. The highest BCUT2D eigenvalue weighted by atomic mass is 35.5. The van der Waals surface area contributed by atoms with Crippen LogP contribution in [-0.4, -0.2) is 76.3 Å². The summed E-state index contributed by atoms with van der Waals surface area (Å²) in [7, 11) is 0. The van der Waals surface area contributed by atoms with Crippen molar-refractivity contribution in [1.82, 2.24) is 35.2 Å². The van der Waals surface area contributed by atoms with Gasteiger partial charge in [0, 0.05) is 107 Å². The van der Waals surface area contributed by atoms with Gasteiger partial charge < -0.3 is 41.9 Å². The number of amides is 3. The van der Waals surface area contributed by atoms with E-state index in [0.717, 1.165) is 65.4 Å². The Morgan fingerprint density at radius 3 is 1.78 bits per heavy atom. The number of aromatic carboxylic acids is 2. The lowest BCUT2D eigenvalue weighted by molar-refractivity contribution is -0.116. The third-order valence-electron chi connectivity index (χ3n) is 11.2. The van der Waals surface area contributed by atoms with E-state index in [4.69, 9.17) is 50.7 Å². The van der Waals surface area contributed by atoms with E-state index in [1.807, 2.05) is 61.9 Å². The number of rotatable bonds is 15. The summed E-state index contributed by atoms with van der Waals surface area (Å²) in [6.45, 7) is 4.68. The Balaban J connectivity index is 0.000000180. The lowest BCUT2D eigenvalue weighted by Gasteiger charge is -2.11. The molecule has 0 aliphatic rings. The second-order valence-corrected chi connectivity index (χ2v) is 17.8. The monoisotopic (exact) mass is 1080 g/mol. The summed E-state index contributed by atoms with van der Waals surface area (Å²) in [4.78, 5) is 81.5. The molecule has 76 heavy (non-hydrogen) atoms. The highest BCUT2D eigenvalue weighted by molar-refractivity contribution is 6.38. The van der Waals surface area contributed by atoms with Gasteiger partial charge in [-0.25, -0.2) is 24.4 Å². The highest BCUT2D eigenvalue weighted by Crippen LogP contribution is 2.32. The third-order valence-corrected chi connectivity index (χ3v) is 12.5. The average Bonchev–Trinajstić information content (AvgIpc) is 4.09. The number of benzene rings is 3. The molecule has 0 bridgehead atoms. The number of anilines is 3. The zero-order valence-electron chi connectivity index (χ0n) is 41.2. The molecule has 0 radical (unpaired) electrons. The summed E-state index contributed by atoms with van der Waals surface area (Å²) >= 11 is 18.0. The Kier molecular flexibility index (Phi) is 21.0. The zero-order valence-corrected chi connectivity index (χ0v) is 43.5. The number of fused-ring (bicyclic) bond motifs is 2. The Morgan fingerprint density at radius 2 is 1.17 bits per heavy atom. The number of pyridine rings is 4. The first-order chi connectivity index (χ1) is 36.7. The first kappa shape index (κ1) is 56.7. The molecule has 0 saturated carbocycles. The molecule has 6 aromatic heterocycles. The molecule has 0 atom stereocenters. The van der Waals surface area contributed by atoms with Crippen molar-refractivity contribution in [3.05, 3.63) is 184 Å². The van der Waals surface area contributed by atoms with Crippen molar-refractivity contribution >= 4 is 104 Å². The van der Waals surface area contributed by atoms with Crippen LogP contribution < -0.4 is 21.7 Å². The number of halogens is 3. The second-order valence-electron chi connectivity index (χ2n) is 16.7. The van der Waals surface area contributed by atoms with Crippen molar-refractivity contribution in [2.75, 3.05) is 22.9 Å². The number of nitrogens with one attached hydrogen (secondary N) is 5. The van der Waals surface area contributed by atoms with Crippen LogP contribution in [0, 0.1) is 0 Å². The van der Waals surface area contributed by atoms with Gasteiger partial charge >= 0.3 is 18.0 Å². The summed E-state index contributed by atoms with van der Waals surface area (Å²) in [5.41, 5.74) is 12.6. The van der Waals surface area contributed by atoms with E-state index in [9.17, 15) is 24.0 Å². The largest absolute Gasteiger partial charge is 0.478 e. The fourth-order valence-corrected chi connectivity index (χ4v) is 7.98. The summed E-state index contributed by atoms with van der Waals surface area (Å²) in [6.07, 6.45) is 19.3. The van der Waals surface area contributed by atoms with Crippen molar-refractivity contribution in [3.8, 4) is 22.3 Å². The molecule has 3 amide bonds. The van der Waals surface area contributed by atoms with E-state index in [2.05, 4.69) is 58.8 Å². The number of aromatic nitrogens is 6. The van der Waals surface area contributed by atoms with Gasteiger partial charge in [0.1, 0.15) is 11.3 Å². The first-order valence-corrected chi connectivity index (χ1v) is 25.0. The van der Waals surface area contributed by atoms with Crippen LogP contribution in [0.1, 0.15) is 89.0 Å². The predicted octanol–water partition coefficient (Wildman–Crippen LogP) is 13.2. The van der Waals surface area contributed by atoms with Crippen molar-refractivity contribution in [2.45, 2.75) is 52.4 Å². The molecule has 390 valence electrons. The third kappa shape index (κ3) is 15.5. The number of nitrogens with two attached hydrogens (primary N) is 1. The number of ketones is 1. The lowest BCUT2D eigenvalue weighted by Crippen LogP contribution is -2.29. The number of nitrogens with zero attached hydrogens (tertiary/aromatic N) is 4. The molecular weight excluding hydrogens is 1030 g/mol. The van der Waals surface area contributed by atoms with Crippen LogP contribution in [0.25, 0.3) is 44.3 Å². The van der Waals surface area contributed by atoms with E-state index in [1.165, 1.54) is 12.1 Å². The Morgan fingerprint density at radius 1 is 0.592 bits per heavy atom. The van der Waals surface area contributed by atoms with E-state index >= 15 is 0 Å². The second kappa shape index (κ2) is 28.1. The summed E-state index contributed by atoms with van der Waals surface area (Å²) in [6, 6.07) is 27.4. The molecular formula is C56H53Cl3N10O7. The van der Waals surface area contributed by atoms with Gasteiger partial charge in [0.25, 0.3) is 0 Å². The molecule has 0 saturated heterocycles. The molecule has 17 nitrogen and oxygen atoms in total. The maximum Gasteiger partial charge on any atom is 0.337 e. The molecule has 9 N–H and O–H groups in total. The van der Waals surface area contributed by atoms with Crippen LogP contribution in [0.15, 0.2) is 147 Å². The molecule has 0 spiro atoms. The smallest absolute Gasteiger partial charge is 0.337 e. The number of carboxylic acid groups (broad SMARTS) is 2. The van der Waals surface area contributed by atoms with Crippen LogP contribution >= 0.6 is 34.8 Å². The number of hydrogen-bond acceptors (Lipinski definition) is 10. The number of hydrogen-bond donors (Lipinski definition) is 8. The molecule has 6 heterocycles. The number of urea groups is 1. The summed E-state index contributed by atoms with van der Waals surface area (Å²) in [5, 5.41) is 27.7. The number of carbonyl (C=O) groups excluding carboxylic acids is 3. The van der Waals surface area contributed by atoms with Gasteiger partial charge in [-0.15, -0.1) is 0 Å². The van der Waals surface area contributed by atoms with Crippen molar-refractivity contribution in [3.63, 3.8) is 0 Å². The molecule has 0 fully saturated rings. The van der Waals surface area contributed by atoms with E-state index < -0.39 is 11.9 Å². The van der Waals surface area contributed by atoms with E-state index in [-0.39, 0.29) is 49.6 Å². The van der Waals surface area contributed by atoms with Gasteiger partial charge in [-0.3, -0.25) is 19.6 Å². The van der Waals surface area contributed by atoms with Crippen LogP contribution in [0.4, 0.5) is 21.9 Å². The molecule has 0 aliphatic heterocycles. The van der Waals surface area contributed by atoms with Crippen molar-refractivity contribution in [1.29, 1.82) is 0 Å². The minimum atomic E-state index is -1.11. The number of nitrogen functional groups attached to an aromatic ring is 1. The Bertz CT molecular complexity index is 3450. The Hall–Kier alpha value is -8.64. The summed E-state index contributed by atoms with van der Waals surface area (Å²) in [5.74, 6) is -2.58. The first-order valence-electron chi connectivity index (χ1n) is 23.9. The van der Waals surface area contributed by atoms with Gasteiger partial charge in [-0.1, -0.05) is 98.2 Å². The molecule has 0 unspecified atom stereocenters. The maximum atomic E-state index is 13.4. The fourth-order valence-electron chi connectivity index (χ4n) is 7.26. The zero-order chi connectivity index (χ0) is 54.6. The van der Waals surface area contributed by atoms with Gasteiger partial charge in [-0.05, 0) is 79.6 Å². The number of carboxylic acids is 2. The standard InChI is InChI=1S/C24H22ClN5O2.C13H16ClNO3.C12H9N3.C7H6ClNO2/c1-2-3-10-27-24(32)30-20-8-4-7-17(21(20)25)22(31)19-14-29-23-18(19)11-16(13-28-23)15-6-5-9-26-12-15;1-2-3-4-8-11(16)15-10-7-5-6-9(12(10)14)13(17)18;1-2-10(7-13-4-1)11-6-9-3-5-14-12(9)15-8-11;8-6-4(7(10)11)2-1-3-5(6)9/h4-9,11-14H,2-3,10H2,1H3,(H,28,29)(H2,27,30,32);5-7H,2-4,8H2,1H3,(H,15,16)(H,17,18);1-8H,(H,14,15);1-3H,9H2,(H,10,11). The SMILES string of the molecule is CCCCCC(=O)Nc1cccc(C(=O)O)c1Cl.CCCCNC(=O)Nc1cccc(C(=O)c2c[nH]c3ncc(-c4cccnc4)cc23)c1Cl.Nc1cccc(C(=O)O)c1Cl.c1cncc(-c2cnc3[nH]ccc3c2)c1. The molecule has 0 aliphatic carbocycles. The highest BCUT2D eigenvalue weighted by Gasteiger charge is 2.21. The van der Waals surface area contributed by atoms with Gasteiger partial charge in [0.2, 0.25) is 5.91 Å². The average molecular weight is 1080 g/mol. The van der Waals surface area contributed by atoms with Crippen molar-refractivity contribution in [2.24, 2.45) is 0 Å². The number of H-pyrrole nitrogens is 2. The number of carbonyl (C=O) groups is 5. The van der Waals surface area contributed by atoms with Crippen molar-refractivity contribution < 1.29 is 34.2 Å². The van der Waals surface area contributed by atoms with Crippen LogP contribution in [0.2, 0.25) is 15.1 Å². The fraction of sp³-hybridized carbons (Fsp3) is 0.161. The molecule has 20 heteroatoms. The Labute approximate surface area is 452 Å². The van der Waals surface area contributed by atoms with Gasteiger partial charge in [-0.2, -0.15) is 0 Å². The normalized spacial score (nSPS) is 10.4. The molecule has 3 aromatic carbocycles. The van der Waals surface area contributed by atoms with Gasteiger partial charge in [0.15, 0.2) is 5.78 Å². The van der Waals surface area contributed by atoms with Gasteiger partial charge in [0.05, 0.1) is 43.3 Å². The maximum absolute atomic E-state index is 13.4. The van der Waals surface area contributed by atoms with Crippen LogP contribution in [-0.2, 0) is 4.79 Å². The lowest BCUT2D eigenvalue weighted by atomic mass is 10.0. The molecule has 9 rings (SSSR count). The van der Waals surface area contributed by atoms with Crippen LogP contribution in [0.5, 0.6) is 0 Å². The quantitative estimate of drug-likeness (QED) is 0.0270.